The second-order valence-electron chi connectivity index (χ2n) is 4.56. The van der Waals surface area contributed by atoms with E-state index in [0.29, 0.717) is 10.0 Å². The first-order chi connectivity index (χ1) is 10.5. The first-order valence-corrected chi connectivity index (χ1v) is 7.20. The van der Waals surface area contributed by atoms with E-state index in [9.17, 15) is 9.50 Å². The van der Waals surface area contributed by atoms with Gasteiger partial charge in [-0.15, -0.1) is 0 Å². The summed E-state index contributed by atoms with van der Waals surface area (Å²) in [4.78, 5) is 6.28. The number of aromatic nitrogens is 1. The lowest BCUT2D eigenvalue weighted by Gasteiger charge is -2.35. The molecule has 2 aromatic rings. The van der Waals surface area contributed by atoms with E-state index in [1.807, 2.05) is 0 Å². The molecule has 9 heteroatoms. The quantitative estimate of drug-likeness (QED) is 0.362. The molecule has 2 heterocycles. The Kier molecular flexibility index (Phi) is 3.70. The third-order valence-electron chi connectivity index (χ3n) is 3.39. The highest BCUT2D eigenvalue weighted by Crippen LogP contribution is 2.50. The van der Waals surface area contributed by atoms with E-state index in [1.54, 1.807) is 18.2 Å². The summed E-state index contributed by atoms with van der Waals surface area (Å²) < 4.78 is 20.3. The molecule has 0 fully saturated rings. The van der Waals surface area contributed by atoms with E-state index in [1.165, 1.54) is 6.07 Å². The van der Waals surface area contributed by atoms with Gasteiger partial charge >= 0.3 is 0 Å². The van der Waals surface area contributed by atoms with E-state index < -0.39 is 18.1 Å². The number of halogens is 3. The molecule has 112 valence electrons. The molecule has 0 spiro atoms. The Labute approximate surface area is 137 Å². The fourth-order valence-corrected chi connectivity index (χ4v) is 2.98. The summed E-state index contributed by atoms with van der Waals surface area (Å²) in [5, 5.41) is 13.5. The third-order valence-corrected chi connectivity index (χ3v) is 4.08. The van der Waals surface area contributed by atoms with Crippen LogP contribution >= 0.6 is 27.5 Å². The van der Waals surface area contributed by atoms with E-state index in [-0.39, 0.29) is 22.2 Å². The van der Waals surface area contributed by atoms with Crippen molar-refractivity contribution in [3.63, 3.8) is 0 Å². The number of benzene rings is 1. The number of hydrogen-bond acceptors (Lipinski definition) is 4. The topological polar surface area (TPSA) is 91.1 Å². The summed E-state index contributed by atoms with van der Waals surface area (Å²) >= 11 is 9.10. The van der Waals surface area contributed by atoms with Gasteiger partial charge in [0, 0.05) is 20.5 Å². The van der Waals surface area contributed by atoms with Gasteiger partial charge in [-0.05, 0) is 29.8 Å². The Morgan fingerprint density at radius 3 is 2.91 bits per heavy atom. The number of nitrogens with zero attached hydrogens (tertiary/aromatic N) is 4. The molecular formula is C13H7BrClFN4O2. The Balaban J connectivity index is 2.42. The lowest BCUT2D eigenvalue weighted by molar-refractivity contribution is 0.209. The highest BCUT2D eigenvalue weighted by atomic mass is 79.9. The van der Waals surface area contributed by atoms with Crippen LogP contribution in [-0.2, 0) is 5.54 Å². The zero-order chi connectivity index (χ0) is 15.9. The summed E-state index contributed by atoms with van der Waals surface area (Å²) in [6.45, 7) is -0.587. The van der Waals surface area contributed by atoms with Gasteiger partial charge in [0.15, 0.2) is 5.75 Å². The Morgan fingerprint density at radius 1 is 1.45 bits per heavy atom. The molecule has 3 rings (SSSR count). The van der Waals surface area contributed by atoms with E-state index in [0.717, 1.165) is 0 Å². The summed E-state index contributed by atoms with van der Waals surface area (Å²) in [6.07, 6.45) is 0. The van der Waals surface area contributed by atoms with Crippen molar-refractivity contribution >= 4 is 27.5 Å². The molecule has 0 bridgehead atoms. The summed E-state index contributed by atoms with van der Waals surface area (Å²) in [7, 11) is 0. The van der Waals surface area contributed by atoms with Crippen LogP contribution in [0.5, 0.6) is 11.5 Å². The molecule has 1 atom stereocenters. The Hall–Kier alpha value is -1.86. The van der Waals surface area contributed by atoms with Crippen LogP contribution in [0.2, 0.25) is 5.15 Å². The number of aliphatic hydroxyl groups excluding tert-OH is 1. The van der Waals surface area contributed by atoms with Crippen LogP contribution < -0.4 is 4.74 Å². The minimum atomic E-state index is -1.55. The molecule has 0 saturated carbocycles. The van der Waals surface area contributed by atoms with Crippen molar-refractivity contribution in [1.29, 1.82) is 0 Å². The third kappa shape index (κ3) is 2.12. The summed E-state index contributed by atoms with van der Waals surface area (Å²) in [5.41, 5.74) is 7.90. The normalized spacial score (nSPS) is 18.7. The van der Waals surface area contributed by atoms with Gasteiger partial charge in [0.25, 0.3) is 5.95 Å². The lowest BCUT2D eigenvalue weighted by Crippen LogP contribution is -2.33. The predicted molar refractivity (Wildman–Crippen MR) is 80.4 cm³/mol. The molecular weight excluding hydrogens is 379 g/mol. The minimum absolute atomic E-state index is 0.121. The van der Waals surface area contributed by atoms with Gasteiger partial charge < -0.3 is 9.84 Å². The maximum absolute atomic E-state index is 14.1. The molecule has 1 aromatic carbocycles. The van der Waals surface area contributed by atoms with Crippen molar-refractivity contribution in [1.82, 2.24) is 4.98 Å². The second-order valence-corrected chi connectivity index (χ2v) is 5.87. The summed E-state index contributed by atoms with van der Waals surface area (Å²) in [5.74, 6) is -0.900. The monoisotopic (exact) mass is 384 g/mol. The lowest BCUT2D eigenvalue weighted by atomic mass is 9.82. The van der Waals surface area contributed by atoms with E-state index in [2.05, 4.69) is 30.9 Å². The molecule has 1 aliphatic rings. The van der Waals surface area contributed by atoms with Gasteiger partial charge in [0.1, 0.15) is 16.4 Å². The van der Waals surface area contributed by atoms with Crippen LogP contribution in [0.1, 0.15) is 11.1 Å². The van der Waals surface area contributed by atoms with Gasteiger partial charge in [0.05, 0.1) is 6.61 Å². The number of aliphatic hydroxyl groups is 1. The number of ether oxygens (including phenoxy) is 1. The number of hydrogen-bond donors (Lipinski definition) is 1. The van der Waals surface area contributed by atoms with Crippen LogP contribution in [0.3, 0.4) is 0 Å². The van der Waals surface area contributed by atoms with Crippen molar-refractivity contribution in [2.75, 3.05) is 6.61 Å². The highest BCUT2D eigenvalue weighted by molar-refractivity contribution is 9.10. The number of fused-ring (bicyclic) bond motifs is 2. The molecule has 1 aromatic heterocycles. The van der Waals surface area contributed by atoms with Crippen LogP contribution in [0, 0.1) is 5.95 Å². The average molecular weight is 386 g/mol. The molecule has 0 amide bonds. The van der Waals surface area contributed by atoms with Crippen molar-refractivity contribution in [2.24, 2.45) is 5.11 Å². The molecule has 22 heavy (non-hydrogen) atoms. The van der Waals surface area contributed by atoms with E-state index in [4.69, 9.17) is 21.9 Å². The molecule has 1 N–H and O–H groups in total. The molecule has 6 nitrogen and oxygen atoms in total. The zero-order valence-corrected chi connectivity index (χ0v) is 13.1. The molecule has 0 aliphatic carbocycles. The van der Waals surface area contributed by atoms with Crippen LogP contribution in [-0.4, -0.2) is 16.7 Å². The molecule has 0 radical (unpaired) electrons. The van der Waals surface area contributed by atoms with Crippen molar-refractivity contribution < 1.29 is 14.2 Å². The zero-order valence-electron chi connectivity index (χ0n) is 10.8. The molecule has 1 aliphatic heterocycles. The number of pyridine rings is 1. The van der Waals surface area contributed by atoms with Crippen molar-refractivity contribution in [3.8, 4) is 11.5 Å². The van der Waals surface area contributed by atoms with Gasteiger partial charge in [-0.1, -0.05) is 32.6 Å². The average Bonchev–Trinajstić information content (AvgIpc) is 2.48. The summed E-state index contributed by atoms with van der Waals surface area (Å²) in [6, 6.07) is 6.21. The first-order valence-electron chi connectivity index (χ1n) is 6.03. The maximum atomic E-state index is 14.1. The maximum Gasteiger partial charge on any atom is 0.257 e. The SMILES string of the molecule is [N-]=[N+]=NC1(CO)c2cc(Br)ccc2Oc2c1cc(Cl)nc2F. The fourth-order valence-electron chi connectivity index (χ4n) is 2.43. The standard InChI is InChI=1S/C13H7BrClFN4O2/c14-6-1-2-9-7(3-6)13(5-21,19-20-17)8-4-10(15)18-12(16)11(8)22-9/h1-4,21H,5H2. The number of azide groups is 1. The second kappa shape index (κ2) is 5.40. The van der Waals surface area contributed by atoms with E-state index >= 15 is 0 Å². The highest BCUT2D eigenvalue weighted by Gasteiger charge is 2.43. The largest absolute Gasteiger partial charge is 0.452 e. The fraction of sp³-hybridized carbons (Fsp3) is 0.154. The van der Waals surface area contributed by atoms with Crippen LogP contribution in [0.25, 0.3) is 10.4 Å². The van der Waals surface area contributed by atoms with Gasteiger partial charge in [0.2, 0.25) is 0 Å². The molecule has 1 unspecified atom stereocenters. The van der Waals surface area contributed by atoms with Gasteiger partial charge in [-0.25, -0.2) is 4.98 Å². The molecule has 0 saturated heterocycles. The minimum Gasteiger partial charge on any atom is -0.452 e. The Bertz CT molecular complexity index is 828. The predicted octanol–water partition coefficient (Wildman–Crippen LogP) is 4.29. The van der Waals surface area contributed by atoms with Crippen LogP contribution in [0.4, 0.5) is 4.39 Å². The first kappa shape index (κ1) is 15.1. The van der Waals surface area contributed by atoms with Gasteiger partial charge in [-0.3, -0.25) is 0 Å². The van der Waals surface area contributed by atoms with Gasteiger partial charge in [-0.2, -0.15) is 4.39 Å². The number of rotatable bonds is 2. The van der Waals surface area contributed by atoms with Crippen molar-refractivity contribution in [3.05, 3.63) is 61.4 Å². The Morgan fingerprint density at radius 2 is 2.23 bits per heavy atom. The smallest absolute Gasteiger partial charge is 0.257 e. The van der Waals surface area contributed by atoms with Crippen LogP contribution in [0.15, 0.2) is 33.9 Å². The van der Waals surface area contributed by atoms with Crippen molar-refractivity contribution in [2.45, 2.75) is 5.54 Å².